The van der Waals surface area contributed by atoms with Gasteiger partial charge in [-0.2, -0.15) is 4.99 Å². The Morgan fingerprint density at radius 1 is 1.29 bits per heavy atom. The lowest BCUT2D eigenvalue weighted by Gasteiger charge is -2.39. The fourth-order valence-electron chi connectivity index (χ4n) is 2.02. The zero-order valence-corrected chi connectivity index (χ0v) is 8.83. The topological polar surface area (TPSA) is 91.5 Å². The second kappa shape index (κ2) is 4.30. The number of nitrogens with one attached hydrogen (secondary N) is 1. The molecular formula is C9H19N5. The van der Waals surface area contributed by atoms with Gasteiger partial charge in [-0.25, -0.2) is 0 Å². The van der Waals surface area contributed by atoms with Gasteiger partial charge in [0.1, 0.15) is 0 Å². The van der Waals surface area contributed by atoms with Crippen LogP contribution in [-0.4, -0.2) is 28.9 Å². The molecule has 1 fully saturated rings. The summed E-state index contributed by atoms with van der Waals surface area (Å²) in [5, 5.41) is 7.75. The molecule has 1 rings (SSSR count). The second-order valence-corrected chi connectivity index (χ2v) is 3.90. The van der Waals surface area contributed by atoms with E-state index in [2.05, 4.69) is 18.8 Å². The molecule has 5 heteroatoms. The smallest absolute Gasteiger partial charge is 0.221 e. The molecule has 0 amide bonds. The average molecular weight is 197 g/mol. The van der Waals surface area contributed by atoms with E-state index in [0.717, 1.165) is 12.8 Å². The maximum absolute atomic E-state index is 7.75. The highest BCUT2D eigenvalue weighted by Gasteiger charge is 2.26. The number of nitrogens with two attached hydrogens (primary N) is 2. The fraction of sp³-hybridized carbons (Fsp3) is 0.778. The minimum Gasteiger partial charge on any atom is -0.370 e. The SMILES string of the molecule is CC1CCCC(C)N1C(=N)N=C(N)N. The third kappa shape index (κ3) is 2.37. The first kappa shape index (κ1) is 10.8. The highest BCUT2D eigenvalue weighted by molar-refractivity contribution is 5.92. The molecule has 0 aromatic carbocycles. The molecule has 1 aliphatic rings. The zero-order chi connectivity index (χ0) is 10.7. The maximum atomic E-state index is 7.75. The number of hydrogen-bond donors (Lipinski definition) is 3. The third-order valence-corrected chi connectivity index (χ3v) is 2.67. The molecule has 0 saturated carbocycles. The van der Waals surface area contributed by atoms with Crippen LogP contribution in [-0.2, 0) is 0 Å². The van der Waals surface area contributed by atoms with Crippen LogP contribution < -0.4 is 11.5 Å². The van der Waals surface area contributed by atoms with Gasteiger partial charge in [-0.05, 0) is 33.1 Å². The number of likely N-dealkylation sites (tertiary alicyclic amines) is 1. The van der Waals surface area contributed by atoms with Crippen molar-refractivity contribution in [1.82, 2.24) is 4.90 Å². The Balaban J connectivity index is 2.72. The Hall–Kier alpha value is -1.26. The number of nitrogens with zero attached hydrogens (tertiary/aromatic N) is 2. The van der Waals surface area contributed by atoms with Crippen molar-refractivity contribution in [2.75, 3.05) is 0 Å². The van der Waals surface area contributed by atoms with E-state index in [9.17, 15) is 0 Å². The van der Waals surface area contributed by atoms with Crippen molar-refractivity contribution < 1.29 is 0 Å². The highest BCUT2D eigenvalue weighted by Crippen LogP contribution is 2.22. The summed E-state index contributed by atoms with van der Waals surface area (Å²) in [5.41, 5.74) is 10.5. The number of hydrogen-bond acceptors (Lipinski definition) is 1. The second-order valence-electron chi connectivity index (χ2n) is 3.90. The van der Waals surface area contributed by atoms with Crippen LogP contribution in [0.1, 0.15) is 33.1 Å². The van der Waals surface area contributed by atoms with E-state index in [1.54, 1.807) is 0 Å². The molecule has 0 aliphatic carbocycles. The van der Waals surface area contributed by atoms with Gasteiger partial charge in [0.15, 0.2) is 5.96 Å². The van der Waals surface area contributed by atoms with Crippen LogP contribution in [0.4, 0.5) is 0 Å². The molecule has 2 atom stereocenters. The standard InChI is InChI=1S/C9H19N5/c1-6-4-3-5-7(2)14(6)9(12)13-8(10)11/h6-7H,3-5H2,1-2H3,(H5,10,11,12,13). The molecule has 5 N–H and O–H groups in total. The summed E-state index contributed by atoms with van der Waals surface area (Å²) in [4.78, 5) is 5.76. The summed E-state index contributed by atoms with van der Waals surface area (Å²) < 4.78 is 0. The van der Waals surface area contributed by atoms with Gasteiger partial charge in [0.2, 0.25) is 5.96 Å². The molecular weight excluding hydrogens is 178 g/mol. The molecule has 14 heavy (non-hydrogen) atoms. The van der Waals surface area contributed by atoms with Crippen molar-refractivity contribution >= 4 is 11.9 Å². The van der Waals surface area contributed by atoms with Crippen LogP contribution in [0.15, 0.2) is 4.99 Å². The van der Waals surface area contributed by atoms with Crippen LogP contribution in [0.25, 0.3) is 0 Å². The number of aliphatic imine (C=N–C) groups is 1. The van der Waals surface area contributed by atoms with Crippen molar-refractivity contribution in [2.45, 2.75) is 45.2 Å². The maximum Gasteiger partial charge on any atom is 0.221 e. The minimum absolute atomic E-state index is 0.0417. The predicted molar refractivity (Wildman–Crippen MR) is 58.2 cm³/mol. The molecule has 80 valence electrons. The summed E-state index contributed by atoms with van der Waals surface area (Å²) in [6.07, 6.45) is 3.42. The van der Waals surface area contributed by atoms with Crippen molar-refractivity contribution in [3.63, 3.8) is 0 Å². The Labute approximate surface area is 84.7 Å². The number of rotatable bonds is 0. The van der Waals surface area contributed by atoms with E-state index >= 15 is 0 Å². The third-order valence-electron chi connectivity index (χ3n) is 2.67. The predicted octanol–water partition coefficient (Wildman–Crippen LogP) is 0.457. The van der Waals surface area contributed by atoms with Crippen molar-refractivity contribution in [3.05, 3.63) is 0 Å². The van der Waals surface area contributed by atoms with Crippen molar-refractivity contribution in [1.29, 1.82) is 5.41 Å². The van der Waals surface area contributed by atoms with Gasteiger partial charge in [0.25, 0.3) is 0 Å². The van der Waals surface area contributed by atoms with Crippen LogP contribution in [0, 0.1) is 5.41 Å². The van der Waals surface area contributed by atoms with Gasteiger partial charge in [-0.15, -0.1) is 0 Å². The first-order valence-electron chi connectivity index (χ1n) is 4.99. The van der Waals surface area contributed by atoms with Crippen molar-refractivity contribution in [3.8, 4) is 0 Å². The minimum atomic E-state index is -0.0417. The molecule has 0 spiro atoms. The highest BCUT2D eigenvalue weighted by atomic mass is 15.3. The van der Waals surface area contributed by atoms with Gasteiger partial charge >= 0.3 is 0 Å². The summed E-state index contributed by atoms with van der Waals surface area (Å²) in [6.45, 7) is 4.21. The summed E-state index contributed by atoms with van der Waals surface area (Å²) >= 11 is 0. The summed E-state index contributed by atoms with van der Waals surface area (Å²) in [5.74, 6) is 0.143. The molecule has 5 nitrogen and oxygen atoms in total. The van der Waals surface area contributed by atoms with Crippen LogP contribution >= 0.6 is 0 Å². The lowest BCUT2D eigenvalue weighted by atomic mass is 9.98. The fourth-order valence-corrected chi connectivity index (χ4v) is 2.02. The summed E-state index contributed by atoms with van der Waals surface area (Å²) in [7, 11) is 0. The van der Waals surface area contributed by atoms with Crippen LogP contribution in [0.2, 0.25) is 0 Å². The van der Waals surface area contributed by atoms with Crippen LogP contribution in [0.5, 0.6) is 0 Å². The number of guanidine groups is 2. The molecule has 1 aliphatic heterocycles. The normalized spacial score (nSPS) is 27.1. The van der Waals surface area contributed by atoms with E-state index in [1.165, 1.54) is 6.42 Å². The average Bonchev–Trinajstić information content (AvgIpc) is 2.01. The lowest BCUT2D eigenvalue weighted by molar-refractivity contribution is 0.188. The van der Waals surface area contributed by atoms with Gasteiger partial charge in [0, 0.05) is 12.1 Å². The molecule has 0 bridgehead atoms. The molecule has 2 unspecified atom stereocenters. The molecule has 1 heterocycles. The Morgan fingerprint density at radius 2 is 1.79 bits per heavy atom. The van der Waals surface area contributed by atoms with E-state index in [0.29, 0.717) is 12.1 Å². The molecule has 0 radical (unpaired) electrons. The summed E-state index contributed by atoms with van der Waals surface area (Å²) in [6, 6.07) is 0.712. The first-order valence-corrected chi connectivity index (χ1v) is 4.99. The van der Waals surface area contributed by atoms with E-state index in [4.69, 9.17) is 16.9 Å². The van der Waals surface area contributed by atoms with Gasteiger partial charge in [-0.3, -0.25) is 5.41 Å². The monoisotopic (exact) mass is 197 g/mol. The van der Waals surface area contributed by atoms with Crippen LogP contribution in [0.3, 0.4) is 0 Å². The quantitative estimate of drug-likeness (QED) is 0.389. The van der Waals surface area contributed by atoms with E-state index in [-0.39, 0.29) is 11.9 Å². The van der Waals surface area contributed by atoms with Gasteiger partial charge in [0.05, 0.1) is 0 Å². The number of piperidine rings is 1. The molecule has 0 aromatic heterocycles. The Bertz CT molecular complexity index is 234. The van der Waals surface area contributed by atoms with E-state index in [1.807, 2.05) is 4.90 Å². The van der Waals surface area contributed by atoms with Gasteiger partial charge < -0.3 is 16.4 Å². The van der Waals surface area contributed by atoms with Gasteiger partial charge in [-0.1, -0.05) is 0 Å². The Morgan fingerprint density at radius 3 is 2.21 bits per heavy atom. The van der Waals surface area contributed by atoms with Crippen molar-refractivity contribution in [2.24, 2.45) is 16.5 Å². The lowest BCUT2D eigenvalue weighted by Crippen LogP contribution is -2.47. The van der Waals surface area contributed by atoms with E-state index < -0.39 is 0 Å². The molecule has 0 aromatic rings. The largest absolute Gasteiger partial charge is 0.370 e. The Kier molecular flexibility index (Phi) is 3.33. The first-order chi connectivity index (χ1) is 6.52. The molecule has 1 saturated heterocycles. The zero-order valence-electron chi connectivity index (χ0n) is 8.83.